The van der Waals surface area contributed by atoms with Gasteiger partial charge in [0, 0.05) is 12.7 Å². The van der Waals surface area contributed by atoms with Gasteiger partial charge in [-0.1, -0.05) is 25.1 Å². The fourth-order valence-electron chi connectivity index (χ4n) is 2.11. The standard InChI is InChI=1S/C16H20N2O2/c1-4-13-8-5-7-12(2)15(13)17-16(19)18(3)11-14-9-6-10-20-14/h5-10H,4,11H2,1-3H3,(H,17,19). The van der Waals surface area contributed by atoms with Gasteiger partial charge in [-0.05, 0) is 36.6 Å². The fourth-order valence-corrected chi connectivity index (χ4v) is 2.11. The van der Waals surface area contributed by atoms with Gasteiger partial charge in [0.15, 0.2) is 0 Å². The first-order chi connectivity index (χ1) is 9.61. The van der Waals surface area contributed by atoms with Crippen molar-refractivity contribution >= 4 is 11.7 Å². The average molecular weight is 272 g/mol. The summed E-state index contributed by atoms with van der Waals surface area (Å²) < 4.78 is 5.25. The Bertz CT molecular complexity index is 576. The van der Waals surface area contributed by atoms with Crippen LogP contribution in [0.4, 0.5) is 10.5 Å². The molecular weight excluding hydrogens is 252 g/mol. The molecule has 20 heavy (non-hydrogen) atoms. The van der Waals surface area contributed by atoms with Crippen molar-refractivity contribution in [3.8, 4) is 0 Å². The van der Waals surface area contributed by atoms with Crippen LogP contribution in [0.3, 0.4) is 0 Å². The summed E-state index contributed by atoms with van der Waals surface area (Å²) in [5, 5.41) is 2.99. The van der Waals surface area contributed by atoms with E-state index < -0.39 is 0 Å². The molecule has 0 fully saturated rings. The quantitative estimate of drug-likeness (QED) is 0.919. The SMILES string of the molecule is CCc1cccc(C)c1NC(=O)N(C)Cc1ccco1. The number of carbonyl (C=O) groups is 1. The number of furan rings is 1. The zero-order valence-electron chi connectivity index (χ0n) is 12.1. The largest absolute Gasteiger partial charge is 0.467 e. The normalized spacial score (nSPS) is 10.3. The highest BCUT2D eigenvalue weighted by molar-refractivity contribution is 5.90. The number of nitrogens with one attached hydrogen (secondary N) is 1. The molecular formula is C16H20N2O2. The fraction of sp³-hybridized carbons (Fsp3) is 0.312. The van der Waals surface area contributed by atoms with E-state index in [2.05, 4.69) is 12.2 Å². The number of hydrogen-bond acceptors (Lipinski definition) is 2. The van der Waals surface area contributed by atoms with E-state index in [-0.39, 0.29) is 6.03 Å². The maximum Gasteiger partial charge on any atom is 0.322 e. The molecule has 2 aromatic rings. The molecule has 1 aromatic carbocycles. The second kappa shape index (κ2) is 6.28. The molecule has 0 unspecified atom stereocenters. The molecule has 0 bridgehead atoms. The first kappa shape index (κ1) is 14.2. The third kappa shape index (κ3) is 3.20. The van der Waals surface area contributed by atoms with E-state index in [0.717, 1.165) is 29.0 Å². The van der Waals surface area contributed by atoms with E-state index in [1.165, 1.54) is 0 Å². The number of carbonyl (C=O) groups excluding carboxylic acids is 1. The van der Waals surface area contributed by atoms with Gasteiger partial charge in [-0.15, -0.1) is 0 Å². The van der Waals surface area contributed by atoms with Crippen LogP contribution in [0.5, 0.6) is 0 Å². The predicted octanol–water partition coefficient (Wildman–Crippen LogP) is 3.81. The van der Waals surface area contributed by atoms with Crippen molar-refractivity contribution in [1.82, 2.24) is 4.90 Å². The first-order valence-electron chi connectivity index (χ1n) is 6.74. The lowest BCUT2D eigenvalue weighted by atomic mass is 10.1. The van der Waals surface area contributed by atoms with E-state index in [1.54, 1.807) is 18.2 Å². The Kier molecular flexibility index (Phi) is 4.45. The Balaban J connectivity index is 2.08. The number of hydrogen-bond donors (Lipinski definition) is 1. The maximum atomic E-state index is 12.2. The molecule has 0 saturated heterocycles. The molecule has 4 nitrogen and oxygen atoms in total. The lowest BCUT2D eigenvalue weighted by molar-refractivity contribution is 0.216. The number of para-hydroxylation sites is 1. The number of benzene rings is 1. The lowest BCUT2D eigenvalue weighted by Gasteiger charge is -2.19. The average Bonchev–Trinajstić information content (AvgIpc) is 2.93. The van der Waals surface area contributed by atoms with Crippen molar-refractivity contribution in [2.75, 3.05) is 12.4 Å². The Labute approximate surface area is 119 Å². The maximum absolute atomic E-state index is 12.2. The number of nitrogens with zero attached hydrogens (tertiary/aromatic N) is 1. The molecule has 106 valence electrons. The lowest BCUT2D eigenvalue weighted by Crippen LogP contribution is -2.31. The summed E-state index contributed by atoms with van der Waals surface area (Å²) in [6.45, 7) is 4.53. The van der Waals surface area contributed by atoms with Gasteiger partial charge < -0.3 is 14.6 Å². The predicted molar refractivity (Wildman–Crippen MR) is 79.8 cm³/mol. The minimum atomic E-state index is -0.134. The van der Waals surface area contributed by atoms with Crippen molar-refractivity contribution in [2.24, 2.45) is 0 Å². The minimum Gasteiger partial charge on any atom is -0.467 e. The van der Waals surface area contributed by atoms with Gasteiger partial charge in [-0.25, -0.2) is 4.79 Å². The topological polar surface area (TPSA) is 45.5 Å². The summed E-state index contributed by atoms with van der Waals surface area (Å²) in [4.78, 5) is 13.8. The Morgan fingerprint density at radius 2 is 2.10 bits per heavy atom. The molecule has 0 radical (unpaired) electrons. The van der Waals surface area contributed by atoms with E-state index in [0.29, 0.717) is 6.54 Å². The number of urea groups is 1. The van der Waals surface area contributed by atoms with Crippen LogP contribution in [-0.2, 0) is 13.0 Å². The van der Waals surface area contributed by atoms with Crippen molar-refractivity contribution in [3.05, 3.63) is 53.5 Å². The minimum absolute atomic E-state index is 0.134. The van der Waals surface area contributed by atoms with Gasteiger partial charge in [0.1, 0.15) is 5.76 Å². The molecule has 2 amide bonds. The summed E-state index contributed by atoms with van der Waals surface area (Å²) >= 11 is 0. The number of rotatable bonds is 4. The molecule has 1 N–H and O–H groups in total. The van der Waals surface area contributed by atoms with E-state index >= 15 is 0 Å². The summed E-state index contributed by atoms with van der Waals surface area (Å²) in [7, 11) is 1.75. The Morgan fingerprint density at radius 3 is 2.75 bits per heavy atom. The van der Waals surface area contributed by atoms with Crippen LogP contribution in [-0.4, -0.2) is 18.0 Å². The van der Waals surface area contributed by atoms with Crippen molar-refractivity contribution in [1.29, 1.82) is 0 Å². The highest BCUT2D eigenvalue weighted by atomic mass is 16.3. The Morgan fingerprint density at radius 1 is 1.30 bits per heavy atom. The third-order valence-corrected chi connectivity index (χ3v) is 3.29. The van der Waals surface area contributed by atoms with E-state index in [9.17, 15) is 4.79 Å². The van der Waals surface area contributed by atoms with Crippen molar-refractivity contribution < 1.29 is 9.21 Å². The summed E-state index contributed by atoms with van der Waals surface area (Å²) in [6.07, 6.45) is 2.50. The zero-order valence-corrected chi connectivity index (χ0v) is 12.1. The second-order valence-electron chi connectivity index (χ2n) is 4.83. The van der Waals surface area contributed by atoms with Gasteiger partial charge in [0.25, 0.3) is 0 Å². The molecule has 0 aliphatic heterocycles. The molecule has 1 aromatic heterocycles. The van der Waals surface area contributed by atoms with Crippen molar-refractivity contribution in [3.63, 3.8) is 0 Å². The van der Waals surface area contributed by atoms with Crippen LogP contribution in [0.25, 0.3) is 0 Å². The molecule has 0 aliphatic rings. The van der Waals surface area contributed by atoms with Crippen LogP contribution >= 0.6 is 0 Å². The molecule has 0 saturated carbocycles. The number of amides is 2. The monoisotopic (exact) mass is 272 g/mol. The third-order valence-electron chi connectivity index (χ3n) is 3.29. The highest BCUT2D eigenvalue weighted by Crippen LogP contribution is 2.21. The first-order valence-corrected chi connectivity index (χ1v) is 6.74. The number of aryl methyl sites for hydroxylation is 2. The molecule has 1 heterocycles. The van der Waals surface area contributed by atoms with Gasteiger partial charge in [-0.3, -0.25) is 0 Å². The molecule has 2 rings (SSSR count). The molecule has 0 atom stereocenters. The van der Waals surface area contributed by atoms with E-state index in [1.807, 2.05) is 37.3 Å². The summed E-state index contributed by atoms with van der Waals surface area (Å²) in [5.74, 6) is 0.767. The molecule has 0 aliphatic carbocycles. The highest BCUT2D eigenvalue weighted by Gasteiger charge is 2.13. The second-order valence-corrected chi connectivity index (χ2v) is 4.83. The zero-order chi connectivity index (χ0) is 14.5. The van der Waals surface area contributed by atoms with Crippen LogP contribution in [0.15, 0.2) is 41.0 Å². The number of anilines is 1. The van der Waals surface area contributed by atoms with Crippen molar-refractivity contribution in [2.45, 2.75) is 26.8 Å². The van der Waals surface area contributed by atoms with E-state index in [4.69, 9.17) is 4.42 Å². The summed E-state index contributed by atoms with van der Waals surface area (Å²) in [6, 6.07) is 9.59. The van der Waals surface area contributed by atoms with Gasteiger partial charge in [0.2, 0.25) is 0 Å². The Hall–Kier alpha value is -2.23. The van der Waals surface area contributed by atoms with Crippen LogP contribution in [0.2, 0.25) is 0 Å². The molecule has 4 heteroatoms. The molecule has 0 spiro atoms. The van der Waals surface area contributed by atoms with Gasteiger partial charge >= 0.3 is 6.03 Å². The van der Waals surface area contributed by atoms with Gasteiger partial charge in [0.05, 0.1) is 12.8 Å². The van der Waals surface area contributed by atoms with Crippen LogP contribution in [0.1, 0.15) is 23.8 Å². The van der Waals surface area contributed by atoms with Crippen LogP contribution in [0, 0.1) is 6.92 Å². The summed E-state index contributed by atoms with van der Waals surface area (Å²) in [5.41, 5.74) is 3.13. The smallest absolute Gasteiger partial charge is 0.322 e. The van der Waals surface area contributed by atoms with Crippen LogP contribution < -0.4 is 5.32 Å². The van der Waals surface area contributed by atoms with Gasteiger partial charge in [-0.2, -0.15) is 0 Å².